The molecule has 118 valence electrons. The molecule has 4 heteroatoms. The van der Waals surface area contributed by atoms with E-state index in [0.29, 0.717) is 19.0 Å². The van der Waals surface area contributed by atoms with Gasteiger partial charge in [-0.25, -0.2) is 0 Å². The van der Waals surface area contributed by atoms with E-state index in [1.807, 2.05) is 20.8 Å². The quantitative estimate of drug-likeness (QED) is 0.815. The lowest BCUT2D eigenvalue weighted by molar-refractivity contribution is -0.144. The fourth-order valence-corrected chi connectivity index (χ4v) is 2.98. The minimum absolute atomic E-state index is 0.147. The van der Waals surface area contributed by atoms with Gasteiger partial charge in [-0.15, -0.1) is 0 Å². The minimum atomic E-state index is -0.847. The topological polar surface area (TPSA) is 49.8 Å². The van der Waals surface area contributed by atoms with Crippen molar-refractivity contribution in [3.63, 3.8) is 0 Å². The van der Waals surface area contributed by atoms with Crippen molar-refractivity contribution in [2.24, 2.45) is 11.3 Å². The van der Waals surface area contributed by atoms with E-state index in [-0.39, 0.29) is 11.3 Å². The molecule has 1 aliphatic rings. The zero-order valence-corrected chi connectivity index (χ0v) is 13.7. The number of hydrogen-bond acceptors (Lipinski definition) is 3. The standard InChI is InChI=1S/C16H31NO3/c1-6-17(12-16(4,5)19)14(18)15(2,3)11-13-7-9-20-10-8-13/h13,19H,6-12H2,1-5H3. The number of hydrogen-bond donors (Lipinski definition) is 1. The molecular formula is C16H31NO3. The number of likely N-dealkylation sites (N-methyl/N-ethyl adjacent to an activating group) is 1. The molecule has 0 radical (unpaired) electrons. The summed E-state index contributed by atoms with van der Waals surface area (Å²) in [4.78, 5) is 14.5. The highest BCUT2D eigenvalue weighted by Crippen LogP contribution is 2.33. The molecule has 0 spiro atoms. The first kappa shape index (κ1) is 17.4. The second-order valence-electron chi connectivity index (χ2n) is 7.28. The molecule has 1 fully saturated rings. The lowest BCUT2D eigenvalue weighted by Gasteiger charge is -2.37. The van der Waals surface area contributed by atoms with Crippen molar-refractivity contribution in [1.82, 2.24) is 4.90 Å². The number of carbonyl (C=O) groups excluding carboxylic acids is 1. The minimum Gasteiger partial charge on any atom is -0.389 e. The first-order valence-electron chi connectivity index (χ1n) is 7.75. The average Bonchev–Trinajstić information content (AvgIpc) is 2.34. The molecule has 0 aromatic rings. The predicted molar refractivity (Wildman–Crippen MR) is 80.5 cm³/mol. The van der Waals surface area contributed by atoms with Crippen molar-refractivity contribution >= 4 is 5.91 Å². The van der Waals surface area contributed by atoms with Crippen molar-refractivity contribution in [3.8, 4) is 0 Å². The van der Waals surface area contributed by atoms with Gasteiger partial charge in [0, 0.05) is 31.7 Å². The summed E-state index contributed by atoms with van der Waals surface area (Å²) in [5.74, 6) is 0.720. The van der Waals surface area contributed by atoms with Gasteiger partial charge in [0.2, 0.25) is 5.91 Å². The molecular weight excluding hydrogens is 254 g/mol. The van der Waals surface area contributed by atoms with E-state index in [4.69, 9.17) is 4.74 Å². The summed E-state index contributed by atoms with van der Waals surface area (Å²) >= 11 is 0. The van der Waals surface area contributed by atoms with Crippen LogP contribution in [0.3, 0.4) is 0 Å². The molecule has 0 saturated carbocycles. The van der Waals surface area contributed by atoms with Crippen LogP contribution in [-0.4, -0.2) is 47.8 Å². The average molecular weight is 285 g/mol. The lowest BCUT2D eigenvalue weighted by Crippen LogP contribution is -2.48. The number of carbonyl (C=O) groups is 1. The highest BCUT2D eigenvalue weighted by molar-refractivity contribution is 5.82. The van der Waals surface area contributed by atoms with Crippen LogP contribution in [0.2, 0.25) is 0 Å². The maximum Gasteiger partial charge on any atom is 0.228 e. The Morgan fingerprint density at radius 2 is 1.80 bits per heavy atom. The fraction of sp³-hybridized carbons (Fsp3) is 0.938. The van der Waals surface area contributed by atoms with Crippen molar-refractivity contribution in [2.45, 2.75) is 59.5 Å². The highest BCUT2D eigenvalue weighted by atomic mass is 16.5. The van der Waals surface area contributed by atoms with Gasteiger partial charge in [0.05, 0.1) is 5.60 Å². The van der Waals surface area contributed by atoms with E-state index in [1.54, 1.807) is 18.7 Å². The molecule has 0 atom stereocenters. The number of amides is 1. The molecule has 0 aromatic carbocycles. The molecule has 1 aliphatic heterocycles. The summed E-state index contributed by atoms with van der Waals surface area (Å²) < 4.78 is 5.38. The van der Waals surface area contributed by atoms with Gasteiger partial charge in [0.15, 0.2) is 0 Å². The van der Waals surface area contributed by atoms with Crippen molar-refractivity contribution < 1.29 is 14.6 Å². The van der Waals surface area contributed by atoms with Crippen molar-refractivity contribution in [2.75, 3.05) is 26.3 Å². The summed E-state index contributed by atoms with van der Waals surface area (Å²) in [7, 11) is 0. The largest absolute Gasteiger partial charge is 0.389 e. The third-order valence-electron chi connectivity index (χ3n) is 3.97. The predicted octanol–water partition coefficient (Wildman–Crippen LogP) is 2.45. The Morgan fingerprint density at radius 3 is 2.25 bits per heavy atom. The van der Waals surface area contributed by atoms with Gasteiger partial charge in [-0.1, -0.05) is 13.8 Å². The van der Waals surface area contributed by atoms with Gasteiger partial charge >= 0.3 is 0 Å². The Labute approximate surface area is 123 Å². The Balaban J connectivity index is 2.65. The summed E-state index contributed by atoms with van der Waals surface area (Å²) in [6.45, 7) is 12.2. The molecule has 0 bridgehead atoms. The second kappa shape index (κ2) is 6.90. The summed E-state index contributed by atoms with van der Waals surface area (Å²) in [6, 6.07) is 0. The van der Waals surface area contributed by atoms with E-state index >= 15 is 0 Å². The zero-order chi connectivity index (χ0) is 15.4. The maximum absolute atomic E-state index is 12.7. The molecule has 0 aliphatic carbocycles. The van der Waals surface area contributed by atoms with Gasteiger partial charge < -0.3 is 14.7 Å². The molecule has 1 saturated heterocycles. The Hall–Kier alpha value is -0.610. The van der Waals surface area contributed by atoms with Crippen LogP contribution in [0.1, 0.15) is 53.9 Å². The maximum atomic E-state index is 12.7. The van der Waals surface area contributed by atoms with Crippen LogP contribution in [0.25, 0.3) is 0 Å². The molecule has 1 N–H and O–H groups in total. The van der Waals surface area contributed by atoms with Gasteiger partial charge in [-0.3, -0.25) is 4.79 Å². The highest BCUT2D eigenvalue weighted by Gasteiger charge is 2.35. The summed E-state index contributed by atoms with van der Waals surface area (Å²) in [6.07, 6.45) is 3.00. The van der Waals surface area contributed by atoms with E-state index < -0.39 is 5.60 Å². The van der Waals surface area contributed by atoms with Crippen LogP contribution >= 0.6 is 0 Å². The molecule has 20 heavy (non-hydrogen) atoms. The third-order valence-corrected chi connectivity index (χ3v) is 3.97. The second-order valence-corrected chi connectivity index (χ2v) is 7.28. The van der Waals surface area contributed by atoms with Crippen LogP contribution in [0.4, 0.5) is 0 Å². The van der Waals surface area contributed by atoms with E-state index in [2.05, 4.69) is 0 Å². The first-order chi connectivity index (χ1) is 9.15. The number of rotatable bonds is 6. The summed E-state index contributed by atoms with van der Waals surface area (Å²) in [5.41, 5.74) is -1.22. The first-order valence-corrected chi connectivity index (χ1v) is 7.75. The molecule has 1 amide bonds. The number of ether oxygens (including phenoxy) is 1. The van der Waals surface area contributed by atoms with E-state index in [1.165, 1.54) is 0 Å². The monoisotopic (exact) mass is 285 g/mol. The van der Waals surface area contributed by atoms with E-state index in [9.17, 15) is 9.90 Å². The van der Waals surface area contributed by atoms with E-state index in [0.717, 1.165) is 32.5 Å². The van der Waals surface area contributed by atoms with Gasteiger partial charge in [-0.05, 0) is 46.0 Å². The molecule has 4 nitrogen and oxygen atoms in total. The van der Waals surface area contributed by atoms with Gasteiger partial charge in [-0.2, -0.15) is 0 Å². The van der Waals surface area contributed by atoms with Crippen LogP contribution in [0.5, 0.6) is 0 Å². The van der Waals surface area contributed by atoms with Gasteiger partial charge in [0.1, 0.15) is 0 Å². The van der Waals surface area contributed by atoms with Crippen LogP contribution in [-0.2, 0) is 9.53 Å². The van der Waals surface area contributed by atoms with Crippen molar-refractivity contribution in [1.29, 1.82) is 0 Å². The van der Waals surface area contributed by atoms with Crippen LogP contribution in [0.15, 0.2) is 0 Å². The fourth-order valence-electron chi connectivity index (χ4n) is 2.98. The summed E-state index contributed by atoms with van der Waals surface area (Å²) in [5, 5.41) is 9.94. The van der Waals surface area contributed by atoms with Crippen molar-refractivity contribution in [3.05, 3.63) is 0 Å². The number of nitrogens with zero attached hydrogens (tertiary/aromatic N) is 1. The van der Waals surface area contributed by atoms with Gasteiger partial charge in [0.25, 0.3) is 0 Å². The van der Waals surface area contributed by atoms with Crippen LogP contribution in [0, 0.1) is 11.3 Å². The zero-order valence-electron chi connectivity index (χ0n) is 13.7. The Morgan fingerprint density at radius 1 is 1.25 bits per heavy atom. The lowest BCUT2D eigenvalue weighted by atomic mass is 9.78. The van der Waals surface area contributed by atoms with Crippen LogP contribution < -0.4 is 0 Å². The molecule has 0 unspecified atom stereocenters. The molecule has 0 aromatic heterocycles. The normalized spacial score (nSPS) is 18.1. The number of aliphatic hydroxyl groups is 1. The Kier molecular flexibility index (Phi) is 6.02. The SMILES string of the molecule is CCN(CC(C)(C)O)C(=O)C(C)(C)CC1CCOCC1. The third kappa shape index (κ3) is 5.41. The molecule has 1 rings (SSSR count). The Bertz CT molecular complexity index is 314. The molecule has 1 heterocycles. The smallest absolute Gasteiger partial charge is 0.228 e.